The zero-order chi connectivity index (χ0) is 50.9. The molecule has 0 aromatic heterocycles. The van der Waals surface area contributed by atoms with Crippen molar-refractivity contribution >= 4 is 46.3 Å². The number of rotatable bonds is 8. The van der Waals surface area contributed by atoms with Crippen LogP contribution in [0.25, 0.3) is 10.8 Å². The summed E-state index contributed by atoms with van der Waals surface area (Å²) in [5.74, 6) is -9.24. The number of carbonyl (C=O) groups is 4. The van der Waals surface area contributed by atoms with Crippen LogP contribution in [0, 0.1) is 30.6 Å². The molecule has 4 aliphatic heterocycles. The summed E-state index contributed by atoms with van der Waals surface area (Å²) < 4.78 is 23.6. The standard InChI is InChI=1S/C43H58N4O12.C6H13NO2/c1-21-12-11-13-22(2)42(55)45-33-28(20-44-47-17-15-46(9)16-18-47)37(52)30-31(38(33)53)36(51)26(6)40-32(30)41(54)43(8,59-40)57-19-14-29(56-10)23(3)39(58-27(7)48)25(5)35(50)24(4)34(21)49;1-2-3-4-5(7)6(8)9/h11-14,19-21,23-25,29,34-35,39,49-53H,15-18H2,1-10H3,(H,45,55);5H,2-4,7H2,1H3,(H,8,9)/b12-11+,19-14+,22-13-,44-20-;/t21-,23+,24+,25+,29-,34-,35+,39+,43-;5-/m01/s1. The molecule has 10 atom stereocenters. The Kier molecular flexibility index (Phi) is 19.0. The zero-order valence-electron chi connectivity index (χ0n) is 41.0. The minimum Gasteiger partial charge on any atom is -0.507 e. The Bertz CT molecular complexity index is 2290. The van der Waals surface area contributed by atoms with Crippen molar-refractivity contribution in [1.29, 1.82) is 0 Å². The number of allylic oxidation sites excluding steroid dienone is 2. The molecule has 0 unspecified atom stereocenters. The first kappa shape index (κ1) is 54.9. The van der Waals surface area contributed by atoms with E-state index in [0.29, 0.717) is 19.5 Å². The molecule has 0 saturated carbocycles. The molecule has 0 radical (unpaired) electrons. The first-order valence-electron chi connectivity index (χ1n) is 23.0. The number of hydrogen-bond acceptors (Lipinski definition) is 17. The molecule has 19 nitrogen and oxygen atoms in total. The van der Waals surface area contributed by atoms with Gasteiger partial charge in [-0.15, -0.1) is 0 Å². The van der Waals surface area contributed by atoms with Gasteiger partial charge in [0.1, 0.15) is 29.4 Å². The number of aliphatic carboxylic acids is 1. The summed E-state index contributed by atoms with van der Waals surface area (Å²) in [6, 6.07) is -0.662. The van der Waals surface area contributed by atoms with E-state index in [2.05, 4.69) is 15.3 Å². The smallest absolute Gasteiger partial charge is 0.320 e. The highest BCUT2D eigenvalue weighted by molar-refractivity contribution is 6.23. The van der Waals surface area contributed by atoms with Crippen LogP contribution in [0.5, 0.6) is 23.0 Å². The van der Waals surface area contributed by atoms with E-state index in [-0.39, 0.29) is 44.5 Å². The number of phenolic OH excluding ortho intramolecular Hbond substituents is 3. The number of amides is 1. The Morgan fingerprint density at radius 2 is 1.63 bits per heavy atom. The van der Waals surface area contributed by atoms with Crippen LogP contribution >= 0.6 is 0 Å². The van der Waals surface area contributed by atoms with Crippen LogP contribution in [0.4, 0.5) is 5.69 Å². The van der Waals surface area contributed by atoms with Gasteiger partial charge in [-0.05, 0) is 33.4 Å². The minimum absolute atomic E-state index is 0.0559. The highest BCUT2D eigenvalue weighted by atomic mass is 16.7. The molecule has 19 heteroatoms. The van der Waals surface area contributed by atoms with E-state index in [1.807, 2.05) is 14.0 Å². The molecule has 2 aromatic rings. The third kappa shape index (κ3) is 12.3. The number of benzene rings is 2. The number of aliphatic hydroxyl groups excluding tert-OH is 2. The van der Waals surface area contributed by atoms with Crippen LogP contribution in [0.2, 0.25) is 0 Å². The van der Waals surface area contributed by atoms with Gasteiger partial charge in [-0.3, -0.25) is 24.2 Å². The summed E-state index contributed by atoms with van der Waals surface area (Å²) in [4.78, 5) is 52.7. The lowest BCUT2D eigenvalue weighted by Crippen LogP contribution is -2.46. The second-order valence-electron chi connectivity index (χ2n) is 18.2. The zero-order valence-corrected chi connectivity index (χ0v) is 41.0. The number of anilines is 1. The molecule has 6 rings (SSSR count). The number of ether oxygens (including phenoxy) is 4. The molecular formula is C49H71N5O14. The predicted molar refractivity (Wildman–Crippen MR) is 256 cm³/mol. The average Bonchev–Trinajstić information content (AvgIpc) is 3.56. The highest BCUT2D eigenvalue weighted by Gasteiger charge is 2.50. The Labute approximate surface area is 397 Å². The number of unbranched alkanes of at least 4 members (excludes halogenated alkanes) is 1. The molecule has 1 amide bonds. The first-order chi connectivity index (χ1) is 31.9. The number of ketones is 1. The van der Waals surface area contributed by atoms with Crippen molar-refractivity contribution < 1.29 is 68.8 Å². The van der Waals surface area contributed by atoms with Crippen LogP contribution < -0.4 is 15.8 Å². The van der Waals surface area contributed by atoms with Crippen LogP contribution in [-0.2, 0) is 28.6 Å². The van der Waals surface area contributed by atoms with Gasteiger partial charge in [-0.1, -0.05) is 65.7 Å². The van der Waals surface area contributed by atoms with E-state index in [1.165, 1.54) is 59.4 Å². The van der Waals surface area contributed by atoms with E-state index < -0.39 is 101 Å². The molecule has 68 heavy (non-hydrogen) atoms. The lowest BCUT2D eigenvalue weighted by Gasteiger charge is -2.38. The van der Waals surface area contributed by atoms with Crippen molar-refractivity contribution in [2.45, 2.75) is 118 Å². The fourth-order valence-electron chi connectivity index (χ4n) is 8.47. The molecule has 376 valence electrons. The highest BCUT2D eigenvalue weighted by Crippen LogP contribution is 2.55. The molecule has 0 spiro atoms. The molecule has 4 heterocycles. The van der Waals surface area contributed by atoms with E-state index in [1.54, 1.807) is 44.9 Å². The summed E-state index contributed by atoms with van der Waals surface area (Å²) >= 11 is 0. The van der Waals surface area contributed by atoms with Gasteiger partial charge in [-0.25, -0.2) is 0 Å². The maximum Gasteiger partial charge on any atom is 0.320 e. The third-order valence-electron chi connectivity index (χ3n) is 13.0. The third-order valence-corrected chi connectivity index (χ3v) is 13.0. The Hall–Kier alpha value is -5.73. The number of likely N-dealkylation sites (N-methyl/N-ethyl adjacent to an activating group) is 1. The van der Waals surface area contributed by atoms with Crippen LogP contribution in [-0.4, -0.2) is 147 Å². The maximum absolute atomic E-state index is 14.4. The van der Waals surface area contributed by atoms with E-state index >= 15 is 0 Å². The summed E-state index contributed by atoms with van der Waals surface area (Å²) in [6.07, 6.45) is 7.35. The monoisotopic (exact) mass is 953 g/mol. The van der Waals surface area contributed by atoms with Crippen molar-refractivity contribution in [3.05, 3.63) is 52.8 Å². The van der Waals surface area contributed by atoms with Crippen LogP contribution in [0.1, 0.15) is 96.1 Å². The molecule has 1 saturated heterocycles. The lowest BCUT2D eigenvalue weighted by molar-refractivity contribution is -0.160. The number of nitrogens with two attached hydrogens (primary N) is 1. The summed E-state index contributed by atoms with van der Waals surface area (Å²) in [7, 11) is 3.42. The Morgan fingerprint density at radius 1 is 0.985 bits per heavy atom. The van der Waals surface area contributed by atoms with Gasteiger partial charge in [0.2, 0.25) is 0 Å². The normalized spacial score (nSPS) is 29.6. The van der Waals surface area contributed by atoms with Gasteiger partial charge in [0.15, 0.2) is 5.75 Å². The maximum atomic E-state index is 14.4. The predicted octanol–water partition coefficient (Wildman–Crippen LogP) is 4.92. The van der Waals surface area contributed by atoms with E-state index in [0.717, 1.165) is 25.9 Å². The molecule has 2 aromatic carbocycles. The number of nitrogens with one attached hydrogen (secondary N) is 1. The lowest BCUT2D eigenvalue weighted by atomic mass is 9.78. The van der Waals surface area contributed by atoms with Gasteiger partial charge < -0.3 is 65.5 Å². The van der Waals surface area contributed by atoms with Crippen molar-refractivity contribution in [3.63, 3.8) is 0 Å². The number of hydrazone groups is 1. The quantitative estimate of drug-likeness (QED) is 0.0754. The number of phenols is 3. The number of methoxy groups -OCH3 is 1. The molecule has 9 N–H and O–H groups in total. The number of aliphatic hydroxyl groups is 2. The van der Waals surface area contributed by atoms with E-state index in [9.17, 15) is 44.7 Å². The number of carbonyl (C=O) groups excluding carboxylic acids is 3. The number of fused-ring (bicyclic) bond motifs is 14. The Balaban J connectivity index is 0.00000101. The van der Waals surface area contributed by atoms with Crippen LogP contribution in [0.3, 0.4) is 0 Å². The molecule has 1 fully saturated rings. The average molecular weight is 954 g/mol. The van der Waals surface area contributed by atoms with Gasteiger partial charge in [0.25, 0.3) is 11.7 Å². The summed E-state index contributed by atoms with van der Waals surface area (Å²) in [5.41, 5.74) is 4.85. The number of esters is 1. The largest absolute Gasteiger partial charge is 0.507 e. The number of carboxylic acid groups (broad SMARTS) is 1. The van der Waals surface area contributed by atoms with Gasteiger partial charge in [0.05, 0.1) is 53.0 Å². The fourth-order valence-corrected chi connectivity index (χ4v) is 8.47. The van der Waals surface area contributed by atoms with Gasteiger partial charge >= 0.3 is 17.7 Å². The molecule has 4 aliphatic rings. The topological polar surface area (TPSA) is 283 Å². The minimum atomic E-state index is -2.04. The van der Waals surface area contributed by atoms with Crippen LogP contribution in [0.15, 0.2) is 41.2 Å². The van der Waals surface area contributed by atoms with Crippen molar-refractivity contribution in [2.24, 2.45) is 34.5 Å². The number of Topliss-reactive ketones (excluding diaryl/α,β-unsaturated/α-hetero) is 1. The number of aromatic hydroxyl groups is 3. The number of carboxylic acids is 1. The van der Waals surface area contributed by atoms with Gasteiger partial charge in [-0.2, -0.15) is 5.10 Å². The number of nitrogens with zero attached hydrogens (tertiary/aromatic N) is 3. The molecule has 5 bridgehead atoms. The number of hydrogen-bond donors (Lipinski definition) is 8. The summed E-state index contributed by atoms with van der Waals surface area (Å²) in [5, 5.41) is 75.1. The Morgan fingerprint density at radius 3 is 2.22 bits per heavy atom. The second kappa shape index (κ2) is 23.5. The van der Waals surface area contributed by atoms with Crippen molar-refractivity contribution in [1.82, 2.24) is 9.91 Å². The number of piperazine rings is 1. The summed E-state index contributed by atoms with van der Waals surface area (Å²) in [6.45, 7) is 17.1. The van der Waals surface area contributed by atoms with Crippen molar-refractivity contribution in [3.8, 4) is 23.0 Å². The van der Waals surface area contributed by atoms with Gasteiger partial charge in [0, 0.05) is 87.3 Å². The second-order valence-corrected chi connectivity index (χ2v) is 18.2. The molecular weight excluding hydrogens is 883 g/mol. The van der Waals surface area contributed by atoms with E-state index in [4.69, 9.17) is 29.8 Å². The fraction of sp³-hybridized carbons (Fsp3) is 0.571. The molecule has 0 aliphatic carbocycles. The van der Waals surface area contributed by atoms with Crippen molar-refractivity contribution in [2.75, 3.05) is 45.7 Å². The SMILES string of the molecule is CCCC[C@@H](N)C(=O)O.CO[C@H]1/C=C/O[C@@]2(C)Oc3c(C)c(O)c4c(O)c(c(/C=N\N5CCN(C)CC5)c(O)c4c3C2=O)NC(=O)/C(C)=C\C=C\[C@H](C)[C@H](O)[C@@H](C)[C@@H](O)[C@@H](C)[C@H](OC(C)=O)[C@@H]1C. The first-order valence-corrected chi connectivity index (χ1v) is 23.0.